The van der Waals surface area contributed by atoms with Crippen molar-refractivity contribution in [3.8, 4) is 11.5 Å². The molecule has 2 saturated heterocycles. The molecule has 5 rings (SSSR count). The second-order valence-corrected chi connectivity index (χ2v) is 9.66. The molecule has 3 aromatic rings. The van der Waals surface area contributed by atoms with Crippen molar-refractivity contribution < 1.29 is 14.6 Å². The monoisotopic (exact) mass is 485 g/mol. The highest BCUT2D eigenvalue weighted by Crippen LogP contribution is 2.35. The minimum Gasteiger partial charge on any atom is -0.508 e. The third-order valence-electron chi connectivity index (χ3n) is 7.46. The van der Waals surface area contributed by atoms with Crippen LogP contribution in [0.4, 0.5) is 5.69 Å². The molecule has 2 fully saturated rings. The van der Waals surface area contributed by atoms with E-state index in [1.807, 2.05) is 47.4 Å². The number of carbonyl (C=O) groups excluding carboxylic acids is 1. The molecule has 1 amide bonds. The van der Waals surface area contributed by atoms with Crippen LogP contribution in [0, 0.1) is 0 Å². The Labute approximate surface area is 213 Å². The molecule has 2 aliphatic rings. The third-order valence-corrected chi connectivity index (χ3v) is 7.46. The number of ether oxygens (including phenoxy) is 1. The van der Waals surface area contributed by atoms with E-state index in [-0.39, 0.29) is 11.9 Å². The zero-order chi connectivity index (χ0) is 24.9. The van der Waals surface area contributed by atoms with Gasteiger partial charge in [-0.1, -0.05) is 30.3 Å². The molecule has 3 aromatic carbocycles. The average Bonchev–Trinajstić information content (AvgIpc) is 2.95. The Morgan fingerprint density at radius 3 is 2.11 bits per heavy atom. The van der Waals surface area contributed by atoms with E-state index < -0.39 is 0 Å². The molecule has 36 heavy (non-hydrogen) atoms. The summed E-state index contributed by atoms with van der Waals surface area (Å²) < 4.78 is 5.30. The van der Waals surface area contributed by atoms with E-state index in [0.29, 0.717) is 5.75 Å². The molecule has 0 saturated carbocycles. The van der Waals surface area contributed by atoms with E-state index in [1.54, 1.807) is 13.2 Å². The predicted octanol–water partition coefficient (Wildman–Crippen LogP) is 4.94. The van der Waals surface area contributed by atoms with E-state index in [2.05, 4.69) is 34.1 Å². The number of methoxy groups -OCH3 is 1. The van der Waals surface area contributed by atoms with Crippen molar-refractivity contribution in [3.63, 3.8) is 0 Å². The number of hydrogen-bond donors (Lipinski definition) is 1. The number of rotatable bonds is 6. The Kier molecular flexibility index (Phi) is 7.42. The van der Waals surface area contributed by atoms with Gasteiger partial charge in [-0.15, -0.1) is 0 Å². The first-order chi connectivity index (χ1) is 17.6. The smallest absolute Gasteiger partial charge is 0.253 e. The number of carbonyl (C=O) groups is 1. The highest BCUT2D eigenvalue weighted by atomic mass is 16.5. The highest BCUT2D eigenvalue weighted by molar-refractivity contribution is 5.94. The Bertz CT molecular complexity index is 1150. The summed E-state index contributed by atoms with van der Waals surface area (Å²) in [6.07, 6.45) is 3.38. The normalized spacial score (nSPS) is 17.6. The molecular formula is C30H35N3O3. The lowest BCUT2D eigenvalue weighted by Gasteiger charge is -2.40. The number of aromatic hydroxyl groups is 1. The molecule has 0 spiro atoms. The fourth-order valence-corrected chi connectivity index (χ4v) is 5.42. The van der Waals surface area contributed by atoms with Crippen LogP contribution in [0.25, 0.3) is 0 Å². The van der Waals surface area contributed by atoms with Crippen molar-refractivity contribution in [2.75, 3.05) is 51.3 Å². The summed E-state index contributed by atoms with van der Waals surface area (Å²) in [4.78, 5) is 19.8. The third kappa shape index (κ3) is 5.19. The van der Waals surface area contributed by atoms with Gasteiger partial charge in [-0.2, -0.15) is 0 Å². The molecule has 0 radical (unpaired) electrons. The maximum Gasteiger partial charge on any atom is 0.253 e. The van der Waals surface area contributed by atoms with Gasteiger partial charge in [0, 0.05) is 56.1 Å². The van der Waals surface area contributed by atoms with E-state index in [9.17, 15) is 9.90 Å². The van der Waals surface area contributed by atoms with Crippen molar-refractivity contribution in [1.29, 1.82) is 0 Å². The van der Waals surface area contributed by atoms with E-state index in [0.717, 1.165) is 74.6 Å². The van der Waals surface area contributed by atoms with Crippen LogP contribution >= 0.6 is 0 Å². The lowest BCUT2D eigenvalue weighted by molar-refractivity contribution is 0.0724. The number of piperazine rings is 1. The number of hydrogen-bond acceptors (Lipinski definition) is 5. The van der Waals surface area contributed by atoms with Gasteiger partial charge < -0.3 is 19.6 Å². The molecular weight excluding hydrogens is 450 g/mol. The van der Waals surface area contributed by atoms with Crippen LogP contribution in [0.15, 0.2) is 72.8 Å². The number of piperidine rings is 1. The van der Waals surface area contributed by atoms with Crippen molar-refractivity contribution in [2.45, 2.75) is 25.3 Å². The minimum absolute atomic E-state index is 0.0802. The average molecular weight is 486 g/mol. The van der Waals surface area contributed by atoms with Crippen molar-refractivity contribution in [1.82, 2.24) is 9.80 Å². The van der Waals surface area contributed by atoms with Crippen molar-refractivity contribution in [3.05, 3.63) is 89.5 Å². The SMILES string of the molecule is COc1ccc(N2CCN(C(c3ccc(C(=O)N4CCCCC4)cc3)c3ccccc3O)CC2)cc1. The molecule has 2 heterocycles. The van der Waals surface area contributed by atoms with E-state index >= 15 is 0 Å². The fraction of sp³-hybridized carbons (Fsp3) is 0.367. The van der Waals surface area contributed by atoms with Crippen LogP contribution < -0.4 is 9.64 Å². The fourth-order valence-electron chi connectivity index (χ4n) is 5.42. The number of anilines is 1. The Balaban J connectivity index is 1.35. The van der Waals surface area contributed by atoms with Gasteiger partial charge in [0.25, 0.3) is 5.91 Å². The number of likely N-dealkylation sites (tertiary alicyclic amines) is 1. The van der Waals surface area contributed by atoms with Gasteiger partial charge in [-0.05, 0) is 67.3 Å². The first-order valence-corrected chi connectivity index (χ1v) is 12.9. The Morgan fingerprint density at radius 2 is 1.47 bits per heavy atom. The number of phenolic OH excluding ortho intramolecular Hbond substituents is 1. The Hall–Kier alpha value is -3.51. The van der Waals surface area contributed by atoms with Crippen LogP contribution in [0.2, 0.25) is 0 Å². The summed E-state index contributed by atoms with van der Waals surface area (Å²) in [7, 11) is 1.68. The quantitative estimate of drug-likeness (QED) is 0.536. The predicted molar refractivity (Wildman–Crippen MR) is 143 cm³/mol. The number of amides is 1. The highest BCUT2D eigenvalue weighted by Gasteiger charge is 2.29. The van der Waals surface area contributed by atoms with E-state index in [4.69, 9.17) is 4.74 Å². The second-order valence-electron chi connectivity index (χ2n) is 9.66. The Morgan fingerprint density at radius 1 is 0.806 bits per heavy atom. The lowest BCUT2D eigenvalue weighted by atomic mass is 9.94. The topological polar surface area (TPSA) is 56.2 Å². The minimum atomic E-state index is -0.0802. The van der Waals surface area contributed by atoms with Crippen molar-refractivity contribution >= 4 is 11.6 Å². The summed E-state index contributed by atoms with van der Waals surface area (Å²) in [5, 5.41) is 10.8. The van der Waals surface area contributed by atoms with Gasteiger partial charge in [-0.25, -0.2) is 0 Å². The molecule has 6 nitrogen and oxygen atoms in total. The summed E-state index contributed by atoms with van der Waals surface area (Å²) in [6, 6.07) is 23.7. The van der Waals surface area contributed by atoms with Crippen LogP contribution in [-0.4, -0.2) is 67.2 Å². The zero-order valence-corrected chi connectivity index (χ0v) is 21.0. The van der Waals surface area contributed by atoms with Gasteiger partial charge in [-0.3, -0.25) is 9.69 Å². The second kappa shape index (κ2) is 11.0. The van der Waals surface area contributed by atoms with Crippen LogP contribution in [-0.2, 0) is 0 Å². The standard InChI is InChI=1S/C30H35N3O3/c1-36-26-15-13-25(14-16-26)31-19-21-32(22-20-31)29(27-7-3-4-8-28(27)34)23-9-11-24(12-10-23)30(35)33-17-5-2-6-18-33/h3-4,7-16,29,34H,2,5-6,17-22H2,1H3. The maximum atomic E-state index is 13.0. The summed E-state index contributed by atoms with van der Waals surface area (Å²) in [6.45, 7) is 5.20. The largest absolute Gasteiger partial charge is 0.508 e. The zero-order valence-electron chi connectivity index (χ0n) is 21.0. The molecule has 1 unspecified atom stereocenters. The first-order valence-electron chi connectivity index (χ1n) is 12.9. The van der Waals surface area contributed by atoms with Gasteiger partial charge in [0.1, 0.15) is 11.5 Å². The molecule has 0 aromatic heterocycles. The summed E-state index contributed by atoms with van der Waals surface area (Å²) in [5.74, 6) is 1.28. The van der Waals surface area contributed by atoms with Crippen LogP contribution in [0.3, 0.4) is 0 Å². The molecule has 6 heteroatoms. The molecule has 0 bridgehead atoms. The lowest BCUT2D eigenvalue weighted by Crippen LogP contribution is -2.48. The van der Waals surface area contributed by atoms with Crippen LogP contribution in [0.5, 0.6) is 11.5 Å². The number of para-hydroxylation sites is 1. The number of nitrogens with zero attached hydrogens (tertiary/aromatic N) is 3. The molecule has 1 N–H and O–H groups in total. The van der Waals surface area contributed by atoms with Crippen molar-refractivity contribution in [2.24, 2.45) is 0 Å². The summed E-state index contributed by atoms with van der Waals surface area (Å²) >= 11 is 0. The number of benzene rings is 3. The van der Waals surface area contributed by atoms with Gasteiger partial charge in [0.05, 0.1) is 13.2 Å². The number of phenols is 1. The molecule has 2 aliphatic heterocycles. The van der Waals surface area contributed by atoms with E-state index in [1.165, 1.54) is 12.1 Å². The molecule has 188 valence electrons. The van der Waals surface area contributed by atoms with Gasteiger partial charge in [0.2, 0.25) is 0 Å². The molecule has 1 atom stereocenters. The molecule has 0 aliphatic carbocycles. The van der Waals surface area contributed by atoms with Gasteiger partial charge >= 0.3 is 0 Å². The van der Waals surface area contributed by atoms with Crippen LogP contribution in [0.1, 0.15) is 46.8 Å². The van der Waals surface area contributed by atoms with Gasteiger partial charge in [0.15, 0.2) is 0 Å². The first kappa shape index (κ1) is 24.2. The summed E-state index contributed by atoms with van der Waals surface area (Å²) in [5.41, 5.74) is 3.91. The maximum absolute atomic E-state index is 13.0.